The number of hydrogen-bond acceptors (Lipinski definition) is 4. The minimum Gasteiger partial charge on any atom is -0.491 e. The van der Waals surface area contributed by atoms with Crippen LogP contribution in [0, 0.1) is 12.8 Å². The Balaban J connectivity index is 0.00000341. The van der Waals surface area contributed by atoms with Crippen LogP contribution in [0.25, 0.3) is 0 Å². The number of nitrogens with zero attached hydrogens (tertiary/aromatic N) is 2. The van der Waals surface area contributed by atoms with Crippen LogP contribution < -0.4 is 15.4 Å². The topological polar surface area (TPSA) is 67.8 Å². The van der Waals surface area contributed by atoms with Crippen LogP contribution in [0.4, 0.5) is 5.69 Å². The minimum absolute atomic E-state index is 0. The molecule has 3 rings (SSSR count). The predicted octanol–water partition coefficient (Wildman–Crippen LogP) is 5.17. The molecule has 170 valence electrons. The molecule has 0 spiro atoms. The van der Waals surface area contributed by atoms with E-state index in [1.54, 1.807) is 0 Å². The lowest BCUT2D eigenvalue weighted by Gasteiger charge is -2.14. The number of benzene rings is 1. The number of aliphatic imine (C=N–C) groups is 1. The minimum atomic E-state index is 0. The number of rotatable bonds is 11. The van der Waals surface area contributed by atoms with Crippen molar-refractivity contribution in [1.29, 1.82) is 0 Å². The molecule has 0 bridgehead atoms. The Labute approximate surface area is 203 Å². The first-order valence-corrected chi connectivity index (χ1v) is 10.9. The van der Waals surface area contributed by atoms with E-state index in [1.165, 1.54) is 12.8 Å². The summed E-state index contributed by atoms with van der Waals surface area (Å²) >= 11 is 0. The maximum atomic E-state index is 5.72. The van der Waals surface area contributed by atoms with E-state index in [0.29, 0.717) is 6.54 Å². The average molecular weight is 538 g/mol. The molecular weight excluding hydrogens is 503 g/mol. The predicted molar refractivity (Wildman–Crippen MR) is 138 cm³/mol. The van der Waals surface area contributed by atoms with E-state index in [2.05, 4.69) is 15.6 Å². The highest BCUT2D eigenvalue weighted by Crippen LogP contribution is 2.28. The SMILES string of the molecule is Cc1cccc(CN=C(NCCCOCC2CC2)Nc2ccc(OC(C)C)cc2)n1.I. The molecule has 6 nitrogen and oxygen atoms in total. The molecule has 2 N–H and O–H groups in total. The molecule has 0 saturated heterocycles. The van der Waals surface area contributed by atoms with Gasteiger partial charge in [0.15, 0.2) is 5.96 Å². The van der Waals surface area contributed by atoms with Crippen LogP contribution in [-0.2, 0) is 11.3 Å². The van der Waals surface area contributed by atoms with E-state index in [4.69, 9.17) is 14.5 Å². The first-order valence-electron chi connectivity index (χ1n) is 10.9. The molecule has 0 atom stereocenters. The number of ether oxygens (including phenoxy) is 2. The van der Waals surface area contributed by atoms with Gasteiger partial charge in [0.05, 0.1) is 18.3 Å². The lowest BCUT2D eigenvalue weighted by molar-refractivity contribution is 0.123. The van der Waals surface area contributed by atoms with Gasteiger partial charge >= 0.3 is 0 Å². The monoisotopic (exact) mass is 538 g/mol. The van der Waals surface area contributed by atoms with Gasteiger partial charge in [-0.1, -0.05) is 6.07 Å². The van der Waals surface area contributed by atoms with E-state index in [1.807, 2.05) is 63.2 Å². The molecule has 1 aliphatic rings. The Morgan fingerprint density at radius 3 is 2.61 bits per heavy atom. The smallest absolute Gasteiger partial charge is 0.196 e. The van der Waals surface area contributed by atoms with Crippen LogP contribution in [0.1, 0.15) is 44.5 Å². The Hall–Kier alpha value is -1.87. The third kappa shape index (κ3) is 10.3. The molecule has 0 amide bonds. The molecule has 0 unspecified atom stereocenters. The highest BCUT2D eigenvalue weighted by Gasteiger charge is 2.20. The summed E-state index contributed by atoms with van der Waals surface area (Å²) in [7, 11) is 0. The maximum Gasteiger partial charge on any atom is 0.196 e. The second-order valence-electron chi connectivity index (χ2n) is 8.05. The molecule has 0 aliphatic heterocycles. The summed E-state index contributed by atoms with van der Waals surface area (Å²) in [6, 6.07) is 13.9. The van der Waals surface area contributed by atoms with Crippen molar-refractivity contribution in [2.75, 3.05) is 25.1 Å². The second kappa shape index (κ2) is 13.5. The summed E-state index contributed by atoms with van der Waals surface area (Å²) in [5.74, 6) is 2.40. The van der Waals surface area contributed by atoms with Crippen molar-refractivity contribution < 1.29 is 9.47 Å². The maximum absolute atomic E-state index is 5.72. The number of halogens is 1. The summed E-state index contributed by atoms with van der Waals surface area (Å²) < 4.78 is 11.4. The Morgan fingerprint density at radius 1 is 1.16 bits per heavy atom. The first kappa shape index (κ1) is 25.4. The molecular formula is C24H35IN4O2. The van der Waals surface area contributed by atoms with Gasteiger partial charge in [-0.25, -0.2) is 4.99 Å². The Bertz CT molecular complexity index is 807. The summed E-state index contributed by atoms with van der Waals surface area (Å²) in [6.07, 6.45) is 3.75. The van der Waals surface area contributed by atoms with Crippen molar-refractivity contribution in [3.63, 3.8) is 0 Å². The van der Waals surface area contributed by atoms with Crippen LogP contribution in [0.2, 0.25) is 0 Å². The van der Waals surface area contributed by atoms with E-state index >= 15 is 0 Å². The van der Waals surface area contributed by atoms with Crippen molar-refractivity contribution in [2.45, 2.75) is 52.7 Å². The zero-order valence-corrected chi connectivity index (χ0v) is 21.1. The molecule has 1 aromatic heterocycles. The van der Waals surface area contributed by atoms with Crippen LogP contribution in [0.15, 0.2) is 47.5 Å². The number of aromatic nitrogens is 1. The fourth-order valence-electron chi connectivity index (χ4n) is 2.93. The van der Waals surface area contributed by atoms with Crippen LogP contribution in [0.3, 0.4) is 0 Å². The quantitative estimate of drug-likeness (QED) is 0.179. The molecule has 1 aliphatic carbocycles. The highest BCUT2D eigenvalue weighted by molar-refractivity contribution is 14.0. The van der Waals surface area contributed by atoms with E-state index in [9.17, 15) is 0 Å². The van der Waals surface area contributed by atoms with Crippen LogP contribution >= 0.6 is 24.0 Å². The molecule has 2 aromatic rings. The Kier molecular flexibility index (Phi) is 11.1. The van der Waals surface area contributed by atoms with Gasteiger partial charge in [0.25, 0.3) is 0 Å². The molecule has 1 saturated carbocycles. The number of aryl methyl sites for hydroxylation is 1. The van der Waals surface area contributed by atoms with Crippen molar-refractivity contribution in [3.8, 4) is 5.75 Å². The molecule has 0 radical (unpaired) electrons. The van der Waals surface area contributed by atoms with Crippen molar-refractivity contribution in [3.05, 3.63) is 53.9 Å². The zero-order chi connectivity index (χ0) is 21.2. The van der Waals surface area contributed by atoms with Gasteiger partial charge in [0.2, 0.25) is 0 Å². The van der Waals surface area contributed by atoms with Crippen LogP contribution in [0.5, 0.6) is 5.75 Å². The van der Waals surface area contributed by atoms with E-state index < -0.39 is 0 Å². The van der Waals surface area contributed by atoms with Gasteiger partial charge < -0.3 is 20.1 Å². The summed E-state index contributed by atoms with van der Waals surface area (Å²) in [5.41, 5.74) is 2.91. The molecule has 1 fully saturated rings. The molecule has 31 heavy (non-hydrogen) atoms. The second-order valence-corrected chi connectivity index (χ2v) is 8.05. The number of anilines is 1. The van der Waals surface area contributed by atoms with E-state index in [-0.39, 0.29) is 30.1 Å². The fourth-order valence-corrected chi connectivity index (χ4v) is 2.93. The number of nitrogens with one attached hydrogen (secondary N) is 2. The van der Waals surface area contributed by atoms with Crippen molar-refractivity contribution >= 4 is 35.6 Å². The normalized spacial score (nSPS) is 13.6. The van der Waals surface area contributed by atoms with Gasteiger partial charge in [-0.3, -0.25) is 4.98 Å². The standard InChI is InChI=1S/C24H34N4O2.HI/c1-18(2)30-23-12-10-21(11-13-23)28-24(25-14-5-15-29-17-20-8-9-20)26-16-22-7-4-6-19(3)27-22;/h4,6-7,10-13,18,20H,5,8-9,14-17H2,1-3H3,(H2,25,26,28);1H. The third-order valence-corrected chi connectivity index (χ3v) is 4.64. The third-order valence-electron chi connectivity index (χ3n) is 4.64. The first-order chi connectivity index (χ1) is 14.6. The number of guanidine groups is 1. The summed E-state index contributed by atoms with van der Waals surface area (Å²) in [4.78, 5) is 9.25. The van der Waals surface area contributed by atoms with Crippen LogP contribution in [-0.4, -0.2) is 36.8 Å². The lowest BCUT2D eigenvalue weighted by atomic mass is 10.3. The highest BCUT2D eigenvalue weighted by atomic mass is 127. The van der Waals surface area contributed by atoms with Gasteiger partial charge in [-0.15, -0.1) is 24.0 Å². The number of hydrogen-bond donors (Lipinski definition) is 2. The Morgan fingerprint density at radius 2 is 1.94 bits per heavy atom. The van der Waals surface area contributed by atoms with Crippen molar-refractivity contribution in [2.24, 2.45) is 10.9 Å². The number of pyridine rings is 1. The van der Waals surface area contributed by atoms with E-state index in [0.717, 1.165) is 60.9 Å². The van der Waals surface area contributed by atoms with Gasteiger partial charge in [-0.2, -0.15) is 0 Å². The van der Waals surface area contributed by atoms with Gasteiger partial charge in [-0.05, 0) is 82.3 Å². The van der Waals surface area contributed by atoms with Crippen molar-refractivity contribution in [1.82, 2.24) is 10.3 Å². The largest absolute Gasteiger partial charge is 0.491 e. The molecule has 7 heteroatoms. The van der Waals surface area contributed by atoms with Gasteiger partial charge in [0.1, 0.15) is 5.75 Å². The van der Waals surface area contributed by atoms with Gasteiger partial charge in [0, 0.05) is 31.1 Å². The molecule has 1 heterocycles. The average Bonchev–Trinajstić information content (AvgIpc) is 3.54. The summed E-state index contributed by atoms with van der Waals surface area (Å²) in [5, 5.41) is 6.78. The fraction of sp³-hybridized carbons (Fsp3) is 0.500. The lowest BCUT2D eigenvalue weighted by Crippen LogP contribution is -2.32. The molecule has 1 aromatic carbocycles. The summed E-state index contributed by atoms with van der Waals surface area (Å²) in [6.45, 7) is 9.03. The zero-order valence-electron chi connectivity index (χ0n) is 18.8.